The third kappa shape index (κ3) is 4.29. The average Bonchev–Trinajstić information content (AvgIpc) is 2.90. The predicted molar refractivity (Wildman–Crippen MR) is 105 cm³/mol. The Balaban J connectivity index is 1.65. The Bertz CT molecular complexity index is 848. The number of ether oxygens (including phenoxy) is 1. The summed E-state index contributed by atoms with van der Waals surface area (Å²) in [7, 11) is 0. The first-order chi connectivity index (χ1) is 12.6. The molecule has 2 aromatic carbocycles. The highest BCUT2D eigenvalue weighted by atomic mass is 35.5. The lowest BCUT2D eigenvalue weighted by molar-refractivity contribution is -0.122. The number of hydrogen-bond acceptors (Lipinski definition) is 4. The Morgan fingerprint density at radius 3 is 2.54 bits per heavy atom. The lowest BCUT2D eigenvalue weighted by Gasteiger charge is -2.09. The van der Waals surface area contributed by atoms with Crippen molar-refractivity contribution in [2.75, 3.05) is 6.54 Å². The van der Waals surface area contributed by atoms with Crippen molar-refractivity contribution in [3.05, 3.63) is 69.6 Å². The van der Waals surface area contributed by atoms with Crippen LogP contribution >= 0.6 is 23.4 Å². The average molecular weight is 388 g/mol. The minimum absolute atomic E-state index is 0.206. The van der Waals surface area contributed by atoms with Crippen LogP contribution in [0.2, 0.25) is 5.02 Å². The highest BCUT2D eigenvalue weighted by Gasteiger charge is 2.34. The number of thioether (sulfide) groups is 1. The first-order valence-electron chi connectivity index (χ1n) is 8.30. The van der Waals surface area contributed by atoms with Gasteiger partial charge >= 0.3 is 0 Å². The van der Waals surface area contributed by atoms with Crippen molar-refractivity contribution in [1.82, 2.24) is 4.90 Å². The molecule has 0 bridgehead atoms. The van der Waals surface area contributed by atoms with Crippen LogP contribution in [0, 0.1) is 0 Å². The fourth-order valence-electron chi connectivity index (χ4n) is 2.50. The Hall–Kier alpha value is -2.24. The van der Waals surface area contributed by atoms with Crippen LogP contribution in [0.4, 0.5) is 4.79 Å². The van der Waals surface area contributed by atoms with Crippen LogP contribution in [0.15, 0.2) is 53.4 Å². The second-order valence-electron chi connectivity index (χ2n) is 5.78. The zero-order chi connectivity index (χ0) is 18.5. The molecular formula is C20H18ClNO3S. The summed E-state index contributed by atoms with van der Waals surface area (Å²) in [5.41, 5.74) is 1.76. The van der Waals surface area contributed by atoms with Crippen molar-refractivity contribution in [3.63, 3.8) is 0 Å². The van der Waals surface area contributed by atoms with E-state index in [4.69, 9.17) is 16.3 Å². The zero-order valence-electron chi connectivity index (χ0n) is 14.3. The Kier molecular flexibility index (Phi) is 6.01. The van der Waals surface area contributed by atoms with Gasteiger partial charge in [-0.3, -0.25) is 14.5 Å². The summed E-state index contributed by atoms with van der Waals surface area (Å²) in [5, 5.41) is 0.467. The molecule has 0 radical (unpaired) electrons. The molecule has 26 heavy (non-hydrogen) atoms. The number of halogens is 1. The lowest BCUT2D eigenvalue weighted by atomic mass is 10.2. The van der Waals surface area contributed by atoms with Gasteiger partial charge in [-0.2, -0.15) is 0 Å². The molecule has 0 aliphatic carbocycles. The number of hydrogen-bond donors (Lipinski definition) is 0. The van der Waals surface area contributed by atoms with Crippen molar-refractivity contribution < 1.29 is 14.3 Å². The minimum atomic E-state index is -0.221. The Morgan fingerprint density at radius 1 is 1.12 bits per heavy atom. The van der Waals surface area contributed by atoms with Crippen molar-refractivity contribution >= 4 is 40.6 Å². The first-order valence-corrected chi connectivity index (χ1v) is 9.49. The van der Waals surface area contributed by atoms with Crippen LogP contribution in [-0.2, 0) is 11.4 Å². The van der Waals surface area contributed by atoms with Crippen LogP contribution in [0.1, 0.15) is 24.5 Å². The largest absolute Gasteiger partial charge is 0.489 e. The fraction of sp³-hybridized carbons (Fsp3) is 0.200. The van der Waals surface area contributed by atoms with E-state index >= 15 is 0 Å². The van der Waals surface area contributed by atoms with Gasteiger partial charge in [-0.25, -0.2) is 0 Å². The molecule has 1 heterocycles. The lowest BCUT2D eigenvalue weighted by Crippen LogP contribution is -2.28. The Labute approximate surface area is 161 Å². The molecule has 1 fully saturated rings. The number of rotatable bonds is 6. The zero-order valence-corrected chi connectivity index (χ0v) is 15.8. The molecule has 1 saturated heterocycles. The third-order valence-corrected chi connectivity index (χ3v) is 5.13. The van der Waals surface area contributed by atoms with Gasteiger partial charge in [0, 0.05) is 17.1 Å². The molecule has 3 rings (SSSR count). The van der Waals surface area contributed by atoms with E-state index in [1.165, 1.54) is 4.90 Å². The molecule has 6 heteroatoms. The van der Waals surface area contributed by atoms with Gasteiger partial charge in [-0.1, -0.05) is 48.9 Å². The van der Waals surface area contributed by atoms with Gasteiger partial charge in [0.25, 0.3) is 11.1 Å². The molecule has 0 atom stereocenters. The molecule has 0 saturated carbocycles. The van der Waals surface area contributed by atoms with Crippen LogP contribution in [0.3, 0.4) is 0 Å². The fourth-order valence-corrected chi connectivity index (χ4v) is 3.56. The van der Waals surface area contributed by atoms with Crippen molar-refractivity contribution in [1.29, 1.82) is 0 Å². The van der Waals surface area contributed by atoms with Gasteiger partial charge in [-0.15, -0.1) is 0 Å². The minimum Gasteiger partial charge on any atom is -0.489 e. The van der Waals surface area contributed by atoms with Crippen molar-refractivity contribution in [3.8, 4) is 5.75 Å². The normalized spacial score (nSPS) is 15.8. The molecule has 0 spiro atoms. The molecule has 0 N–H and O–H groups in total. The molecule has 2 amide bonds. The van der Waals surface area contributed by atoms with Crippen LogP contribution in [0.5, 0.6) is 5.75 Å². The third-order valence-electron chi connectivity index (χ3n) is 3.85. The predicted octanol–water partition coefficient (Wildman–Crippen LogP) is 5.37. The quantitative estimate of drug-likeness (QED) is 0.625. The maximum Gasteiger partial charge on any atom is 0.293 e. The standard InChI is InChI=1S/C20H18ClNO3S/c1-2-11-22-19(23)18(26-20(22)24)12-14-7-9-16(10-8-14)25-13-15-5-3-4-6-17(15)21/h3-10,12H,2,11,13H2,1H3/b18-12-. The van der Waals surface area contributed by atoms with Gasteiger partial charge in [-0.05, 0) is 48.0 Å². The van der Waals surface area contributed by atoms with Gasteiger partial charge in [0.1, 0.15) is 12.4 Å². The van der Waals surface area contributed by atoms with Gasteiger partial charge in [0.15, 0.2) is 0 Å². The number of carbonyl (C=O) groups is 2. The smallest absolute Gasteiger partial charge is 0.293 e. The highest BCUT2D eigenvalue weighted by molar-refractivity contribution is 8.18. The molecular weight excluding hydrogens is 370 g/mol. The summed E-state index contributed by atoms with van der Waals surface area (Å²) in [4.78, 5) is 25.9. The number of nitrogens with zero attached hydrogens (tertiary/aromatic N) is 1. The molecule has 2 aromatic rings. The molecule has 0 aromatic heterocycles. The topological polar surface area (TPSA) is 46.6 Å². The SMILES string of the molecule is CCCN1C(=O)S/C(=C\c2ccc(OCc3ccccc3Cl)cc2)C1=O. The first kappa shape index (κ1) is 18.5. The van der Waals surface area contributed by atoms with Crippen LogP contribution < -0.4 is 4.74 Å². The van der Waals surface area contributed by atoms with Crippen molar-refractivity contribution in [2.24, 2.45) is 0 Å². The number of benzene rings is 2. The number of amides is 2. The van der Waals surface area contributed by atoms with E-state index in [1.54, 1.807) is 6.08 Å². The second-order valence-corrected chi connectivity index (χ2v) is 7.18. The monoisotopic (exact) mass is 387 g/mol. The summed E-state index contributed by atoms with van der Waals surface area (Å²) < 4.78 is 5.75. The molecule has 1 aliphatic heterocycles. The van der Waals surface area contributed by atoms with Crippen molar-refractivity contribution in [2.45, 2.75) is 20.0 Å². The van der Waals surface area contributed by atoms with E-state index in [1.807, 2.05) is 55.5 Å². The maximum absolute atomic E-state index is 12.2. The van der Waals surface area contributed by atoms with E-state index in [9.17, 15) is 9.59 Å². The van der Waals surface area contributed by atoms with Crippen LogP contribution in [0.25, 0.3) is 6.08 Å². The summed E-state index contributed by atoms with van der Waals surface area (Å²) in [5.74, 6) is 0.488. The van der Waals surface area contributed by atoms with E-state index < -0.39 is 0 Å². The molecule has 0 unspecified atom stereocenters. The van der Waals surface area contributed by atoms with Gasteiger partial charge in [0.05, 0.1) is 4.91 Å². The van der Waals surface area contributed by atoms with E-state index in [2.05, 4.69) is 0 Å². The summed E-state index contributed by atoms with van der Waals surface area (Å²) in [6.07, 6.45) is 2.49. The van der Waals surface area contributed by atoms with Crippen LogP contribution in [-0.4, -0.2) is 22.6 Å². The van der Waals surface area contributed by atoms with Gasteiger partial charge in [0.2, 0.25) is 0 Å². The summed E-state index contributed by atoms with van der Waals surface area (Å²) in [6.45, 7) is 2.78. The van der Waals surface area contributed by atoms with E-state index in [0.717, 1.165) is 29.3 Å². The summed E-state index contributed by atoms with van der Waals surface area (Å²) in [6, 6.07) is 14.9. The second kappa shape index (κ2) is 8.43. The number of carbonyl (C=O) groups excluding carboxylic acids is 2. The maximum atomic E-state index is 12.2. The Morgan fingerprint density at radius 2 is 1.85 bits per heavy atom. The van der Waals surface area contributed by atoms with E-state index in [0.29, 0.717) is 28.8 Å². The van der Waals surface area contributed by atoms with E-state index in [-0.39, 0.29) is 11.1 Å². The highest BCUT2D eigenvalue weighted by Crippen LogP contribution is 2.32. The summed E-state index contributed by atoms with van der Waals surface area (Å²) >= 11 is 7.10. The number of imide groups is 1. The molecule has 4 nitrogen and oxygen atoms in total. The molecule has 1 aliphatic rings. The molecule has 134 valence electrons. The van der Waals surface area contributed by atoms with Gasteiger partial charge < -0.3 is 4.74 Å².